The maximum atomic E-state index is 6.61. The normalized spacial score (nSPS) is 16.2. The van der Waals surface area contributed by atoms with Crippen LogP contribution in [-0.2, 0) is 11.3 Å². The number of anilines is 1. The summed E-state index contributed by atoms with van der Waals surface area (Å²) >= 11 is 13.2. The van der Waals surface area contributed by atoms with Crippen molar-refractivity contribution >= 4 is 28.9 Å². The van der Waals surface area contributed by atoms with Crippen molar-refractivity contribution in [3.8, 4) is 0 Å². The van der Waals surface area contributed by atoms with E-state index in [1.165, 1.54) is 18.4 Å². The van der Waals surface area contributed by atoms with Crippen LogP contribution in [0.4, 0.5) is 5.69 Å². The van der Waals surface area contributed by atoms with Crippen LogP contribution in [0.25, 0.3) is 0 Å². The summed E-state index contributed by atoms with van der Waals surface area (Å²) in [6.45, 7) is 10.8. The number of halogens is 2. The van der Waals surface area contributed by atoms with Crippen LogP contribution in [0.5, 0.6) is 0 Å². The van der Waals surface area contributed by atoms with Gasteiger partial charge in [-0.3, -0.25) is 4.90 Å². The van der Waals surface area contributed by atoms with Gasteiger partial charge in [-0.1, -0.05) is 59.6 Å². The van der Waals surface area contributed by atoms with E-state index in [0.29, 0.717) is 16.7 Å². The number of likely N-dealkylation sites (tertiary alicyclic amines) is 1. The van der Waals surface area contributed by atoms with Crippen LogP contribution in [0.2, 0.25) is 10.0 Å². The molecule has 2 aromatic rings. The van der Waals surface area contributed by atoms with E-state index < -0.39 is 0 Å². The van der Waals surface area contributed by atoms with Crippen molar-refractivity contribution in [2.75, 3.05) is 31.1 Å². The molecule has 29 heavy (non-hydrogen) atoms. The molecular formula is C24H32Cl2N2O. The van der Waals surface area contributed by atoms with Gasteiger partial charge in [-0.25, -0.2) is 0 Å². The highest BCUT2D eigenvalue weighted by Gasteiger charge is 2.27. The van der Waals surface area contributed by atoms with Crippen molar-refractivity contribution in [2.24, 2.45) is 0 Å². The van der Waals surface area contributed by atoms with E-state index in [9.17, 15) is 0 Å². The molecule has 0 radical (unpaired) electrons. The van der Waals surface area contributed by atoms with Crippen LogP contribution in [-0.4, -0.2) is 42.8 Å². The lowest BCUT2D eigenvalue weighted by Gasteiger charge is -2.36. The van der Waals surface area contributed by atoms with E-state index in [1.807, 2.05) is 24.3 Å². The zero-order valence-electron chi connectivity index (χ0n) is 17.7. The molecule has 5 heteroatoms. The zero-order valence-corrected chi connectivity index (χ0v) is 19.2. The molecule has 0 aliphatic carbocycles. The van der Waals surface area contributed by atoms with Crippen LogP contribution in [0.1, 0.15) is 39.2 Å². The van der Waals surface area contributed by atoms with Crippen molar-refractivity contribution in [1.29, 1.82) is 0 Å². The minimum absolute atomic E-state index is 0.162. The first-order valence-electron chi connectivity index (χ1n) is 10.4. The summed E-state index contributed by atoms with van der Waals surface area (Å²) < 4.78 is 6.22. The molecule has 1 aliphatic heterocycles. The van der Waals surface area contributed by atoms with Gasteiger partial charge in [0.05, 0.1) is 34.0 Å². The van der Waals surface area contributed by atoms with Crippen LogP contribution < -0.4 is 4.90 Å². The third-order valence-electron chi connectivity index (χ3n) is 5.27. The average Bonchev–Trinajstić information content (AvgIpc) is 3.19. The third-order valence-corrected chi connectivity index (χ3v) is 5.88. The summed E-state index contributed by atoms with van der Waals surface area (Å²) in [4.78, 5) is 4.86. The molecule has 0 aromatic heterocycles. The van der Waals surface area contributed by atoms with E-state index in [2.05, 4.69) is 54.8 Å². The lowest BCUT2D eigenvalue weighted by Crippen LogP contribution is -2.46. The maximum Gasteiger partial charge on any atom is 0.0748 e. The molecule has 1 heterocycles. The molecule has 1 atom stereocenters. The Labute approximate surface area is 185 Å². The first-order valence-corrected chi connectivity index (χ1v) is 11.2. The highest BCUT2D eigenvalue weighted by atomic mass is 35.5. The second-order valence-electron chi connectivity index (χ2n) is 8.76. The standard InChI is InChI=1S/C24H32Cl2N2O/c1-24(2,3)29-18-20(27-14-7-8-15-27)17-28(16-19-10-5-4-6-11-19)23-21(25)12-9-13-22(23)26/h4-6,9-13,20H,7-8,14-18H2,1-3H3. The summed E-state index contributed by atoms with van der Waals surface area (Å²) in [5.74, 6) is 0. The van der Waals surface area contributed by atoms with Gasteiger partial charge in [-0.2, -0.15) is 0 Å². The molecule has 1 saturated heterocycles. The fraction of sp³-hybridized carbons (Fsp3) is 0.500. The van der Waals surface area contributed by atoms with E-state index in [0.717, 1.165) is 31.9 Å². The number of rotatable bonds is 8. The Morgan fingerprint density at radius 1 is 0.966 bits per heavy atom. The molecule has 0 spiro atoms. The number of hydrogen-bond acceptors (Lipinski definition) is 3. The summed E-state index contributed by atoms with van der Waals surface area (Å²) in [7, 11) is 0. The molecule has 3 rings (SSSR count). The van der Waals surface area contributed by atoms with Crippen LogP contribution >= 0.6 is 23.2 Å². The molecule has 158 valence electrons. The topological polar surface area (TPSA) is 15.7 Å². The Kier molecular flexibility index (Phi) is 7.86. The Hall–Kier alpha value is -1.26. The van der Waals surface area contributed by atoms with E-state index in [4.69, 9.17) is 27.9 Å². The molecule has 0 bridgehead atoms. The number of nitrogens with zero attached hydrogens (tertiary/aromatic N) is 2. The first-order chi connectivity index (χ1) is 13.8. The van der Waals surface area contributed by atoms with Crippen LogP contribution in [0.3, 0.4) is 0 Å². The van der Waals surface area contributed by atoms with Crippen LogP contribution in [0.15, 0.2) is 48.5 Å². The molecule has 3 nitrogen and oxygen atoms in total. The molecule has 1 fully saturated rings. The largest absolute Gasteiger partial charge is 0.374 e. The van der Waals surface area contributed by atoms with Gasteiger partial charge in [-0.15, -0.1) is 0 Å². The van der Waals surface area contributed by atoms with Gasteiger partial charge < -0.3 is 9.64 Å². The first kappa shape index (κ1) is 22.4. The lowest BCUT2D eigenvalue weighted by molar-refractivity contribution is -0.0305. The summed E-state index contributed by atoms with van der Waals surface area (Å²) in [5.41, 5.74) is 1.98. The SMILES string of the molecule is CC(C)(C)OCC(CN(Cc1ccccc1)c1c(Cl)cccc1Cl)N1CCCC1. The summed E-state index contributed by atoms with van der Waals surface area (Å²) in [6, 6.07) is 16.5. The fourth-order valence-electron chi connectivity index (χ4n) is 3.81. The number of para-hydroxylation sites is 1. The minimum atomic E-state index is -0.162. The average molecular weight is 435 g/mol. The molecule has 0 saturated carbocycles. The minimum Gasteiger partial charge on any atom is -0.374 e. The van der Waals surface area contributed by atoms with Crippen molar-refractivity contribution < 1.29 is 4.74 Å². The Morgan fingerprint density at radius 3 is 2.17 bits per heavy atom. The Morgan fingerprint density at radius 2 is 1.59 bits per heavy atom. The highest BCUT2D eigenvalue weighted by molar-refractivity contribution is 6.39. The molecule has 2 aromatic carbocycles. The molecule has 0 N–H and O–H groups in total. The monoisotopic (exact) mass is 434 g/mol. The quantitative estimate of drug-likeness (QED) is 0.485. The third kappa shape index (κ3) is 6.62. The van der Waals surface area contributed by atoms with Gasteiger partial charge in [0.25, 0.3) is 0 Å². The van der Waals surface area contributed by atoms with Crippen molar-refractivity contribution in [2.45, 2.75) is 51.8 Å². The predicted octanol–water partition coefficient (Wildman–Crippen LogP) is 6.28. The number of ether oxygens (including phenoxy) is 1. The smallest absolute Gasteiger partial charge is 0.0748 e. The maximum absolute atomic E-state index is 6.61. The molecule has 0 amide bonds. The lowest BCUT2D eigenvalue weighted by atomic mass is 10.1. The van der Waals surface area contributed by atoms with E-state index in [1.54, 1.807) is 0 Å². The van der Waals surface area contributed by atoms with Gasteiger partial charge in [0.2, 0.25) is 0 Å². The van der Waals surface area contributed by atoms with Crippen molar-refractivity contribution in [3.63, 3.8) is 0 Å². The second kappa shape index (κ2) is 10.2. The van der Waals surface area contributed by atoms with Crippen LogP contribution in [0, 0.1) is 0 Å². The van der Waals surface area contributed by atoms with Gasteiger partial charge in [0.15, 0.2) is 0 Å². The van der Waals surface area contributed by atoms with Crippen molar-refractivity contribution in [1.82, 2.24) is 4.90 Å². The van der Waals surface area contributed by atoms with Gasteiger partial charge >= 0.3 is 0 Å². The summed E-state index contributed by atoms with van der Waals surface area (Å²) in [6.07, 6.45) is 2.50. The number of benzene rings is 2. The zero-order chi connectivity index (χ0) is 20.9. The highest BCUT2D eigenvalue weighted by Crippen LogP contribution is 2.35. The fourth-order valence-corrected chi connectivity index (χ4v) is 4.45. The molecule has 1 aliphatic rings. The Balaban J connectivity index is 1.88. The molecular weight excluding hydrogens is 403 g/mol. The molecule has 1 unspecified atom stereocenters. The Bertz CT molecular complexity index is 750. The van der Waals surface area contributed by atoms with Gasteiger partial charge in [-0.05, 0) is 64.4 Å². The van der Waals surface area contributed by atoms with Gasteiger partial charge in [0, 0.05) is 13.1 Å². The predicted molar refractivity (Wildman–Crippen MR) is 124 cm³/mol. The van der Waals surface area contributed by atoms with E-state index in [-0.39, 0.29) is 11.6 Å². The number of hydrogen-bond donors (Lipinski definition) is 0. The van der Waals surface area contributed by atoms with Gasteiger partial charge in [0.1, 0.15) is 0 Å². The van der Waals surface area contributed by atoms with Crippen molar-refractivity contribution in [3.05, 3.63) is 64.1 Å². The second-order valence-corrected chi connectivity index (χ2v) is 9.57. The summed E-state index contributed by atoms with van der Waals surface area (Å²) in [5, 5.41) is 1.37. The van der Waals surface area contributed by atoms with E-state index >= 15 is 0 Å².